The van der Waals surface area contributed by atoms with Crippen LogP contribution in [0, 0.1) is 11.8 Å². The van der Waals surface area contributed by atoms with Crippen LogP contribution in [-0.4, -0.2) is 8.07 Å². The summed E-state index contributed by atoms with van der Waals surface area (Å²) in [6.45, 7) is 7.36. The molecule has 0 unspecified atom stereocenters. The molecule has 2 atom stereocenters. The lowest BCUT2D eigenvalue weighted by molar-refractivity contribution is 0.676. The van der Waals surface area contributed by atoms with E-state index in [1.54, 1.807) is 5.20 Å². The average molecular weight is 190 g/mol. The molecule has 0 aliphatic heterocycles. The highest BCUT2D eigenvalue weighted by Gasteiger charge is 2.32. The van der Waals surface area contributed by atoms with Crippen molar-refractivity contribution in [3.05, 3.63) is 35.6 Å². The predicted octanol–water partition coefficient (Wildman–Crippen LogP) is 3.55. The van der Waals surface area contributed by atoms with Gasteiger partial charge < -0.3 is 0 Å². The Kier molecular flexibility index (Phi) is 2.07. The zero-order valence-electron chi connectivity index (χ0n) is 8.75. The standard InChI is InChI=1S/C12H18Si/c1-13(2,3)12-9-10-6-4-5-7-11(12)8-10/h4-7,9-11H,8H2,1-3H3/t10-,11+/m0/s1. The summed E-state index contributed by atoms with van der Waals surface area (Å²) in [5.41, 5.74) is 0. The van der Waals surface area contributed by atoms with Gasteiger partial charge in [0.15, 0.2) is 0 Å². The molecular weight excluding hydrogens is 172 g/mol. The summed E-state index contributed by atoms with van der Waals surface area (Å²) in [5.74, 6) is 1.48. The number of rotatable bonds is 1. The first-order valence-electron chi connectivity index (χ1n) is 5.14. The van der Waals surface area contributed by atoms with Gasteiger partial charge in [-0.3, -0.25) is 0 Å². The van der Waals surface area contributed by atoms with Crippen LogP contribution in [0.2, 0.25) is 19.6 Å². The largest absolute Gasteiger partial charge is 0.0816 e. The first-order chi connectivity index (χ1) is 6.07. The second kappa shape index (κ2) is 2.98. The lowest BCUT2D eigenvalue weighted by Crippen LogP contribution is -2.26. The zero-order valence-corrected chi connectivity index (χ0v) is 9.75. The van der Waals surface area contributed by atoms with Crippen LogP contribution in [0.4, 0.5) is 0 Å². The predicted molar refractivity (Wildman–Crippen MR) is 61.3 cm³/mol. The van der Waals surface area contributed by atoms with Crippen molar-refractivity contribution >= 4 is 8.07 Å². The second-order valence-electron chi connectivity index (χ2n) is 5.15. The topological polar surface area (TPSA) is 0 Å². The van der Waals surface area contributed by atoms with Crippen molar-refractivity contribution < 1.29 is 0 Å². The third-order valence-electron chi connectivity index (χ3n) is 3.00. The van der Waals surface area contributed by atoms with Crippen LogP contribution in [0.3, 0.4) is 0 Å². The van der Waals surface area contributed by atoms with Crippen LogP contribution >= 0.6 is 0 Å². The Morgan fingerprint density at radius 2 is 1.85 bits per heavy atom. The van der Waals surface area contributed by atoms with Crippen LogP contribution in [0.5, 0.6) is 0 Å². The summed E-state index contributed by atoms with van der Waals surface area (Å²) in [4.78, 5) is 0. The van der Waals surface area contributed by atoms with E-state index < -0.39 is 8.07 Å². The maximum atomic E-state index is 2.52. The number of allylic oxidation sites excluding steroid dienone is 6. The molecule has 0 aromatic heterocycles. The molecule has 13 heavy (non-hydrogen) atoms. The molecule has 0 aromatic rings. The van der Waals surface area contributed by atoms with E-state index in [1.165, 1.54) is 6.42 Å². The molecule has 0 spiro atoms. The van der Waals surface area contributed by atoms with E-state index >= 15 is 0 Å². The van der Waals surface area contributed by atoms with Gasteiger partial charge in [-0.15, -0.1) is 0 Å². The van der Waals surface area contributed by atoms with Gasteiger partial charge in [0.1, 0.15) is 0 Å². The Labute approximate surface area is 82.1 Å². The summed E-state index contributed by atoms with van der Waals surface area (Å²) in [5, 5.41) is 1.76. The van der Waals surface area contributed by atoms with Crippen LogP contribution in [0.15, 0.2) is 35.6 Å². The molecule has 0 saturated carbocycles. The fourth-order valence-corrected chi connectivity index (χ4v) is 4.41. The normalized spacial score (nSPS) is 31.8. The van der Waals surface area contributed by atoms with Gasteiger partial charge in [0.25, 0.3) is 0 Å². The van der Waals surface area contributed by atoms with Gasteiger partial charge in [-0.25, -0.2) is 0 Å². The number of hydrogen-bond acceptors (Lipinski definition) is 0. The third kappa shape index (κ3) is 1.71. The van der Waals surface area contributed by atoms with Crippen molar-refractivity contribution in [2.45, 2.75) is 26.1 Å². The Balaban J connectivity index is 2.33. The van der Waals surface area contributed by atoms with Gasteiger partial charge >= 0.3 is 0 Å². The molecule has 2 rings (SSSR count). The van der Waals surface area contributed by atoms with Gasteiger partial charge in [-0.2, -0.15) is 0 Å². The van der Waals surface area contributed by atoms with Crippen molar-refractivity contribution in [2.75, 3.05) is 0 Å². The highest BCUT2D eigenvalue weighted by Crippen LogP contribution is 2.38. The van der Waals surface area contributed by atoms with E-state index in [2.05, 4.69) is 50.0 Å². The van der Waals surface area contributed by atoms with Crippen LogP contribution in [0.1, 0.15) is 6.42 Å². The van der Waals surface area contributed by atoms with Crippen molar-refractivity contribution in [3.63, 3.8) is 0 Å². The van der Waals surface area contributed by atoms with Gasteiger partial charge in [0.05, 0.1) is 8.07 Å². The third-order valence-corrected chi connectivity index (χ3v) is 5.27. The fraction of sp³-hybridized carbons (Fsp3) is 0.500. The monoisotopic (exact) mass is 190 g/mol. The van der Waals surface area contributed by atoms with Crippen molar-refractivity contribution in [1.29, 1.82) is 0 Å². The van der Waals surface area contributed by atoms with Crippen molar-refractivity contribution in [1.82, 2.24) is 0 Å². The molecule has 0 heterocycles. The van der Waals surface area contributed by atoms with Crippen LogP contribution in [-0.2, 0) is 0 Å². The minimum atomic E-state index is -1.06. The zero-order chi connectivity index (χ0) is 9.47. The number of fused-ring (bicyclic) bond motifs is 2. The quantitative estimate of drug-likeness (QED) is 0.555. The van der Waals surface area contributed by atoms with Crippen LogP contribution < -0.4 is 0 Å². The molecule has 2 aliphatic rings. The Morgan fingerprint density at radius 3 is 2.54 bits per heavy atom. The maximum Gasteiger partial charge on any atom is 0.0728 e. The number of hydrogen-bond donors (Lipinski definition) is 0. The SMILES string of the molecule is C[Si](C)(C)C1=C[C@H]2C=CC=C[C@@H]1C2. The molecule has 70 valence electrons. The van der Waals surface area contributed by atoms with E-state index in [4.69, 9.17) is 0 Å². The summed E-state index contributed by atoms with van der Waals surface area (Å²) < 4.78 is 0. The average Bonchev–Trinajstić information content (AvgIpc) is 2.22. The molecule has 0 nitrogen and oxygen atoms in total. The fourth-order valence-electron chi connectivity index (χ4n) is 2.37. The Morgan fingerprint density at radius 1 is 1.15 bits per heavy atom. The Bertz CT molecular complexity index is 289. The van der Waals surface area contributed by atoms with Gasteiger partial charge in [-0.05, 0) is 18.3 Å². The molecule has 2 aliphatic carbocycles. The molecule has 0 N–H and O–H groups in total. The van der Waals surface area contributed by atoms with Gasteiger partial charge in [0.2, 0.25) is 0 Å². The summed E-state index contributed by atoms with van der Waals surface area (Å²) in [6, 6.07) is 0. The summed E-state index contributed by atoms with van der Waals surface area (Å²) >= 11 is 0. The van der Waals surface area contributed by atoms with Gasteiger partial charge in [-0.1, -0.05) is 55.2 Å². The van der Waals surface area contributed by atoms with Gasteiger partial charge in [0, 0.05) is 0 Å². The van der Waals surface area contributed by atoms with Crippen molar-refractivity contribution in [2.24, 2.45) is 11.8 Å². The summed E-state index contributed by atoms with van der Waals surface area (Å²) in [6.07, 6.45) is 13.0. The van der Waals surface area contributed by atoms with E-state index in [0.29, 0.717) is 0 Å². The summed E-state index contributed by atoms with van der Waals surface area (Å²) in [7, 11) is -1.06. The van der Waals surface area contributed by atoms with Crippen LogP contribution in [0.25, 0.3) is 0 Å². The first kappa shape index (κ1) is 9.01. The minimum absolute atomic E-state index is 0.724. The molecule has 1 heteroatoms. The molecule has 0 saturated heterocycles. The maximum absolute atomic E-state index is 2.52. The molecule has 0 amide bonds. The molecule has 0 aromatic carbocycles. The van der Waals surface area contributed by atoms with Crippen molar-refractivity contribution in [3.8, 4) is 0 Å². The highest BCUT2D eigenvalue weighted by atomic mass is 28.3. The molecule has 2 bridgehead atoms. The molecule has 0 radical (unpaired) electrons. The van der Waals surface area contributed by atoms with E-state index in [9.17, 15) is 0 Å². The lowest BCUT2D eigenvalue weighted by atomic mass is 10.1. The highest BCUT2D eigenvalue weighted by molar-refractivity contribution is 6.83. The first-order valence-corrected chi connectivity index (χ1v) is 8.64. The van der Waals surface area contributed by atoms with E-state index in [-0.39, 0.29) is 0 Å². The minimum Gasteiger partial charge on any atom is -0.0816 e. The van der Waals surface area contributed by atoms with E-state index in [0.717, 1.165) is 11.8 Å². The second-order valence-corrected chi connectivity index (χ2v) is 10.2. The smallest absolute Gasteiger partial charge is 0.0728 e. The molecular formula is C12H18Si. The molecule has 0 fully saturated rings. The van der Waals surface area contributed by atoms with E-state index in [1.807, 2.05) is 0 Å². The Hall–Kier alpha value is -0.563. The lowest BCUT2D eigenvalue weighted by Gasteiger charge is -2.22.